The van der Waals surface area contributed by atoms with Crippen molar-refractivity contribution in [2.75, 3.05) is 69.0 Å². The predicted octanol–water partition coefficient (Wildman–Crippen LogP) is 7.83. The lowest BCUT2D eigenvalue weighted by molar-refractivity contribution is -0.152. The number of nitrogens with one attached hydrogen (secondary N) is 4. The smallest absolute Gasteiger partial charge is 0.410 e. The second kappa shape index (κ2) is 45.9. The molecule has 4 N–H and O–H groups in total. The topological polar surface area (TPSA) is 324 Å². The highest BCUT2D eigenvalue weighted by molar-refractivity contribution is 5.99. The Labute approximate surface area is 687 Å². The number of carbonyl (C=O) groups is 13. The van der Waals surface area contributed by atoms with Crippen molar-refractivity contribution < 1.29 is 76.5 Å². The second-order valence-corrected chi connectivity index (χ2v) is 33.0. The maximum Gasteiger partial charge on any atom is 0.410 e. The van der Waals surface area contributed by atoms with Gasteiger partial charge in [-0.25, -0.2) is 4.79 Å². The van der Waals surface area contributed by atoms with E-state index >= 15 is 19.2 Å². The summed E-state index contributed by atoms with van der Waals surface area (Å²) in [6, 6.07) is 23.5. The second-order valence-electron chi connectivity index (χ2n) is 33.0. The fraction of sp³-hybridized carbons (Fsp3) is 0.580. The number of nitrogens with zero attached hydrogens (tertiary/aromatic N) is 8. The van der Waals surface area contributed by atoms with Crippen LogP contribution in [0.4, 0.5) is 4.79 Å². The fourth-order valence-electron chi connectivity index (χ4n) is 14.0. The number of rotatable bonds is 41. The molecule has 5 unspecified atom stereocenters. The van der Waals surface area contributed by atoms with Gasteiger partial charge in [-0.15, -0.1) is 0 Å². The van der Waals surface area contributed by atoms with Gasteiger partial charge in [-0.1, -0.05) is 183 Å². The Kier molecular flexibility index (Phi) is 38.1. The minimum atomic E-state index is -1.49. The van der Waals surface area contributed by atoms with Crippen LogP contribution in [-0.2, 0) is 97.8 Å². The third kappa shape index (κ3) is 28.9. The summed E-state index contributed by atoms with van der Waals surface area (Å²) in [5, 5.41) is 11.4. The maximum atomic E-state index is 15.2. The number of esters is 1. The van der Waals surface area contributed by atoms with Gasteiger partial charge in [0.2, 0.25) is 65.0 Å². The Balaban J connectivity index is 1.39. The van der Waals surface area contributed by atoms with E-state index in [0.29, 0.717) is 30.6 Å². The Morgan fingerprint density at radius 1 is 0.457 bits per heavy atom. The van der Waals surface area contributed by atoms with Gasteiger partial charge in [0.15, 0.2) is 0 Å². The van der Waals surface area contributed by atoms with E-state index in [2.05, 4.69) is 21.3 Å². The van der Waals surface area contributed by atoms with E-state index in [1.807, 2.05) is 77.1 Å². The van der Waals surface area contributed by atoms with Crippen molar-refractivity contribution in [2.45, 2.75) is 240 Å². The van der Waals surface area contributed by atoms with E-state index in [-0.39, 0.29) is 50.7 Å². The summed E-state index contributed by atoms with van der Waals surface area (Å²) < 4.78 is 17.5. The Bertz CT molecular complexity index is 3900. The molecule has 1 aliphatic rings. The van der Waals surface area contributed by atoms with Gasteiger partial charge in [-0.05, 0) is 120 Å². The van der Waals surface area contributed by atoms with Gasteiger partial charge < -0.3 is 69.8 Å². The number of benzene rings is 4. The molecule has 638 valence electrons. The molecule has 4 aromatic rings. The largest absolute Gasteiger partial charge is 0.461 e. The van der Waals surface area contributed by atoms with Gasteiger partial charge in [0, 0.05) is 75.3 Å². The number of piperidine rings is 1. The summed E-state index contributed by atoms with van der Waals surface area (Å²) in [6.07, 6.45) is 0.691. The summed E-state index contributed by atoms with van der Waals surface area (Å²) in [6.45, 7) is 24.4. The maximum absolute atomic E-state index is 15.2. The molecule has 28 heteroatoms. The average molecular weight is 1610 g/mol. The molecule has 0 spiro atoms. The lowest BCUT2D eigenvalue weighted by Gasteiger charge is -2.38. The van der Waals surface area contributed by atoms with E-state index in [4.69, 9.17) is 14.2 Å². The Morgan fingerprint density at radius 3 is 1.42 bits per heavy atom. The van der Waals surface area contributed by atoms with Gasteiger partial charge in [0.25, 0.3) is 0 Å². The van der Waals surface area contributed by atoms with Crippen molar-refractivity contribution in [3.05, 3.63) is 144 Å². The number of hydrogen-bond acceptors (Lipinski definition) is 16. The molecule has 1 aliphatic heterocycles. The highest BCUT2D eigenvalue weighted by atomic mass is 16.6. The average Bonchev–Trinajstić information content (AvgIpc) is 0.813. The molecule has 0 radical (unpaired) electrons. The van der Waals surface area contributed by atoms with Crippen LogP contribution in [0.2, 0.25) is 0 Å². The summed E-state index contributed by atoms with van der Waals surface area (Å²) in [5.74, 6) is -9.54. The van der Waals surface area contributed by atoms with Crippen molar-refractivity contribution in [1.29, 1.82) is 0 Å². The van der Waals surface area contributed by atoms with E-state index in [9.17, 15) is 43.2 Å². The van der Waals surface area contributed by atoms with Crippen LogP contribution in [-0.4, -0.2) is 257 Å². The monoisotopic (exact) mass is 1610 g/mol. The first-order chi connectivity index (χ1) is 54.6. The first-order valence-electron chi connectivity index (χ1n) is 40.5. The zero-order chi connectivity index (χ0) is 86.6. The molecule has 1 saturated heterocycles. The zero-order valence-electron chi connectivity index (χ0n) is 72.2. The van der Waals surface area contributed by atoms with Crippen molar-refractivity contribution in [2.24, 2.45) is 23.7 Å². The molecular formula is C88H130N12O16. The van der Waals surface area contributed by atoms with E-state index in [1.165, 1.54) is 87.7 Å². The highest BCUT2D eigenvalue weighted by Gasteiger charge is 2.44. The molecule has 1 fully saturated rings. The molecule has 0 aliphatic carbocycles. The summed E-state index contributed by atoms with van der Waals surface area (Å²) in [5.41, 5.74) is 2.00. The predicted molar refractivity (Wildman–Crippen MR) is 443 cm³/mol. The summed E-state index contributed by atoms with van der Waals surface area (Å²) in [7, 11) is 9.96. The number of hydrogen-bond donors (Lipinski definition) is 4. The quantitative estimate of drug-likeness (QED) is 0.0308. The number of likely N-dealkylation sites (tertiary alicyclic amines) is 1. The molecule has 4 aromatic carbocycles. The number of carbonyl (C=O) groups excluding carboxylic acids is 13. The SMILES string of the molecule is CCC(C)[C@@H](C(=O)N[C@@H](C)C(=O)N(C)C(Cc1ccccc1)C(=O)N(C)[C@H](C(=O)N[C@@H](CC(=O)OCc1ccccc1)C(=O)N1CCCCC1)C(C)C)N(C)C(=O)CN(C)C(=O)[C@@H](NC(=O)[C@H](CC(C)C)N(C)C(=O)C(CC(C)C)NC(=O)[C@H](Cc1ccccc1)N(C)C(=O)C(C)N(C)C(=O)OC(C)(C)C)C(C)OCc1ccccc1. The third-order valence-corrected chi connectivity index (χ3v) is 21.2. The van der Waals surface area contributed by atoms with E-state index < -0.39 is 174 Å². The van der Waals surface area contributed by atoms with Gasteiger partial charge in [-0.3, -0.25) is 62.4 Å². The highest BCUT2D eigenvalue weighted by Crippen LogP contribution is 2.24. The summed E-state index contributed by atoms with van der Waals surface area (Å²) >= 11 is 0. The molecule has 12 amide bonds. The van der Waals surface area contributed by atoms with Crippen LogP contribution >= 0.6 is 0 Å². The minimum absolute atomic E-state index is 0.00544. The summed E-state index contributed by atoms with van der Waals surface area (Å²) in [4.78, 5) is 200. The van der Waals surface area contributed by atoms with Gasteiger partial charge >= 0.3 is 12.1 Å². The normalized spacial score (nSPS) is 15.4. The molecule has 116 heavy (non-hydrogen) atoms. The lowest BCUT2D eigenvalue weighted by Crippen LogP contribution is -2.62. The van der Waals surface area contributed by atoms with Crippen LogP contribution in [0.3, 0.4) is 0 Å². The van der Waals surface area contributed by atoms with Gasteiger partial charge in [-0.2, -0.15) is 0 Å². The first-order valence-corrected chi connectivity index (χ1v) is 40.5. The van der Waals surface area contributed by atoms with Gasteiger partial charge in [0.1, 0.15) is 72.6 Å². The van der Waals surface area contributed by atoms with Crippen molar-refractivity contribution in [3.63, 3.8) is 0 Å². The Hall–Kier alpha value is -10.3. The van der Waals surface area contributed by atoms with E-state index in [1.54, 1.807) is 132 Å². The fourth-order valence-corrected chi connectivity index (χ4v) is 14.0. The Morgan fingerprint density at radius 2 is 0.922 bits per heavy atom. The number of ether oxygens (including phenoxy) is 3. The van der Waals surface area contributed by atoms with Crippen molar-refractivity contribution >= 4 is 77.0 Å². The molecule has 12 atom stereocenters. The molecule has 1 heterocycles. The molecule has 0 aromatic heterocycles. The molecule has 0 bridgehead atoms. The van der Waals surface area contributed by atoms with Crippen LogP contribution < -0.4 is 21.3 Å². The molecule has 5 rings (SSSR count). The molecular weight excluding hydrogens is 1480 g/mol. The van der Waals surface area contributed by atoms with Crippen LogP contribution in [0.15, 0.2) is 121 Å². The molecule has 28 nitrogen and oxygen atoms in total. The van der Waals surface area contributed by atoms with E-state index in [0.717, 1.165) is 40.2 Å². The van der Waals surface area contributed by atoms with Gasteiger partial charge in [0.05, 0.1) is 25.7 Å². The first kappa shape index (κ1) is 96.3. The molecule has 0 saturated carbocycles. The lowest BCUT2D eigenvalue weighted by atomic mass is 9.96. The number of likely N-dealkylation sites (N-methyl/N-ethyl adjacent to an activating group) is 7. The van der Waals surface area contributed by atoms with Crippen LogP contribution in [0.25, 0.3) is 0 Å². The van der Waals surface area contributed by atoms with Crippen LogP contribution in [0, 0.1) is 23.7 Å². The van der Waals surface area contributed by atoms with Crippen LogP contribution in [0.1, 0.15) is 164 Å². The minimum Gasteiger partial charge on any atom is -0.461 e. The third-order valence-electron chi connectivity index (χ3n) is 21.2. The van der Waals surface area contributed by atoms with Crippen LogP contribution in [0.5, 0.6) is 0 Å². The number of amides is 12. The zero-order valence-corrected chi connectivity index (χ0v) is 72.2. The van der Waals surface area contributed by atoms with Crippen molar-refractivity contribution in [1.82, 2.24) is 60.5 Å². The standard InChI is InChI=1S/C88H130N12O16/c1-22-59(8)76(80(106)89-60(9)81(107)97(19)71(51-64-40-30-24-31-41-64)85(111)99(21)75(58(6)7)79(105)91-68(84(110)100-46-36-27-37-47-100)52-73(102)115-55-66-44-34-26-35-45-66)98(20)72(101)53-93(15)86(112)74(62(11)114-54-65-42-32-25-33-43-65)92-78(104)69(49-57(4)5)96(18)83(109)67(48-56(2)3)90-77(103)70(50-63-38-28-23-29-39-63)95(17)82(108)61(10)94(16)87(113)116-88(12,13)14/h23-26,28-35,38-45,56-62,67-71,74-76H,22,27,36-37,46-55H2,1-21H3,(H,89,106)(H,90,103)(H,91,105)(H,92,104)/t59?,60-,61?,62?,67?,68-,69-,70-,71?,74-,75-,76-/m0/s1. The van der Waals surface area contributed by atoms with Crippen molar-refractivity contribution in [3.8, 4) is 0 Å².